The average Bonchev–Trinajstić information content (AvgIpc) is 2.94. The number of benzene rings is 3. The molecule has 0 amide bonds. The van der Waals surface area contributed by atoms with Crippen LogP contribution in [0.1, 0.15) is 23.6 Å². The summed E-state index contributed by atoms with van der Waals surface area (Å²) in [6.07, 6.45) is 4.52. The van der Waals surface area contributed by atoms with Crippen molar-refractivity contribution in [2.45, 2.75) is 6.92 Å². The van der Waals surface area contributed by atoms with Crippen molar-refractivity contribution in [1.29, 1.82) is 0 Å². The Morgan fingerprint density at radius 2 is 0.830 bits per heavy atom. The SMILES string of the molecule is COc1cccc(C=NCC(C)(CN=Cc2cccc(OC)c2[O-])CN=Cc2cccc(OC)c2[O-])c1[O-].F[P-](F)(F)(F)(F)F.[K+].[Mn+3]. The van der Waals surface area contributed by atoms with Gasteiger partial charge in [0, 0.05) is 43.7 Å². The first-order chi connectivity index (χ1) is 20.8. The molecule has 9 nitrogen and oxygen atoms in total. The van der Waals surface area contributed by atoms with Crippen molar-refractivity contribution >= 4 is 26.5 Å². The topological polar surface area (TPSA) is 134 Å². The monoisotopic (exact) mass is 755 g/mol. The Kier molecular flexibility index (Phi) is 17.0. The van der Waals surface area contributed by atoms with Crippen molar-refractivity contribution in [3.05, 3.63) is 71.3 Å². The van der Waals surface area contributed by atoms with Gasteiger partial charge in [-0.1, -0.05) is 60.6 Å². The molecule has 0 saturated heterocycles. The molecule has 0 N–H and O–H groups in total. The molecule has 0 heterocycles. The molecule has 0 radical (unpaired) electrons. The van der Waals surface area contributed by atoms with Crippen LogP contribution in [0.25, 0.3) is 0 Å². The molecule has 3 aromatic carbocycles. The number of methoxy groups -OCH3 is 3. The second kappa shape index (κ2) is 17.9. The van der Waals surface area contributed by atoms with Gasteiger partial charge in [-0.05, 0) is 34.9 Å². The molecule has 0 spiro atoms. The van der Waals surface area contributed by atoms with Gasteiger partial charge in [0.25, 0.3) is 0 Å². The van der Waals surface area contributed by atoms with Gasteiger partial charge in [0.1, 0.15) is 17.2 Å². The molecule has 0 fully saturated rings. The molecule has 18 heteroatoms. The molecule has 0 aliphatic heterocycles. The van der Waals surface area contributed by atoms with E-state index in [4.69, 9.17) is 14.2 Å². The number of nitrogens with zero attached hydrogens (tertiary/aromatic N) is 3. The van der Waals surface area contributed by atoms with Crippen LogP contribution in [0.15, 0.2) is 69.6 Å². The zero-order valence-electron chi connectivity index (χ0n) is 25.9. The first-order valence-corrected chi connectivity index (χ1v) is 14.9. The summed E-state index contributed by atoms with van der Waals surface area (Å²) in [4.78, 5) is 13.5. The summed E-state index contributed by atoms with van der Waals surface area (Å²) in [5.41, 5.74) is 0.616. The summed E-state index contributed by atoms with van der Waals surface area (Å²) in [6.45, 7) is 2.78. The minimum absolute atomic E-state index is 0. The normalized spacial score (nSPS) is 14.2. The van der Waals surface area contributed by atoms with E-state index < -0.39 is 13.2 Å². The number of para-hydroxylation sites is 3. The molecule has 0 unspecified atom stereocenters. The molecular weight excluding hydrogens is 725 g/mol. The molecule has 0 aromatic heterocycles. The number of aliphatic imine (C=N–C) groups is 3. The fraction of sp³-hybridized carbons (Fsp3) is 0.276. The number of hydrogen-bond acceptors (Lipinski definition) is 9. The van der Waals surface area contributed by atoms with E-state index in [1.165, 1.54) is 40.0 Å². The van der Waals surface area contributed by atoms with Gasteiger partial charge >= 0.3 is 101 Å². The second-order valence-electron chi connectivity index (χ2n) is 9.81. The van der Waals surface area contributed by atoms with E-state index in [9.17, 15) is 40.5 Å². The molecule has 0 aliphatic rings. The van der Waals surface area contributed by atoms with Crippen LogP contribution >= 0.6 is 7.81 Å². The Balaban J connectivity index is 0.00000211. The van der Waals surface area contributed by atoms with Crippen LogP contribution in [0.2, 0.25) is 0 Å². The zero-order chi connectivity index (χ0) is 34.0. The van der Waals surface area contributed by atoms with E-state index in [2.05, 4.69) is 15.0 Å². The van der Waals surface area contributed by atoms with Crippen molar-refractivity contribution in [3.63, 3.8) is 0 Å². The maximum atomic E-state index is 12.4. The second-order valence-corrected chi connectivity index (χ2v) is 11.7. The number of rotatable bonds is 12. The number of hydrogen-bond donors (Lipinski definition) is 0. The van der Waals surface area contributed by atoms with E-state index in [1.807, 2.05) is 6.92 Å². The Morgan fingerprint density at radius 1 is 0.596 bits per heavy atom. The first kappa shape index (κ1) is 44.6. The van der Waals surface area contributed by atoms with Gasteiger partial charge in [0.2, 0.25) is 0 Å². The molecule has 0 atom stereocenters. The van der Waals surface area contributed by atoms with E-state index in [0.717, 1.165) is 0 Å². The number of ether oxygens (including phenoxy) is 3. The largest absolute Gasteiger partial charge is 3.00 e. The fourth-order valence-corrected chi connectivity index (χ4v) is 3.63. The summed E-state index contributed by atoms with van der Waals surface area (Å²) in [7, 11) is -6.34. The van der Waals surface area contributed by atoms with Crippen LogP contribution < -0.4 is 80.9 Å². The molecule has 252 valence electrons. The van der Waals surface area contributed by atoms with Crippen molar-refractivity contribution in [2.75, 3.05) is 41.0 Å². The smallest absolute Gasteiger partial charge is 1.00 e. The quantitative estimate of drug-likeness (QED) is 0.121. The fourth-order valence-electron chi connectivity index (χ4n) is 3.63. The summed E-state index contributed by atoms with van der Waals surface area (Å²) >= 11 is 0. The summed E-state index contributed by atoms with van der Waals surface area (Å²) < 4.78 is 74.5. The molecule has 47 heavy (non-hydrogen) atoms. The zero-order valence-corrected chi connectivity index (χ0v) is 31.1. The van der Waals surface area contributed by atoms with Gasteiger partial charge in [0.05, 0.1) is 21.3 Å². The van der Waals surface area contributed by atoms with Gasteiger partial charge in [0.15, 0.2) is 0 Å². The molecule has 3 aromatic rings. The van der Waals surface area contributed by atoms with Crippen molar-refractivity contribution in [1.82, 2.24) is 0 Å². The van der Waals surface area contributed by atoms with Crippen LogP contribution in [0, 0.1) is 5.41 Å². The van der Waals surface area contributed by atoms with Gasteiger partial charge in [-0.2, -0.15) is 0 Å². The van der Waals surface area contributed by atoms with Crippen LogP contribution in [-0.2, 0) is 17.1 Å². The third-order valence-corrected chi connectivity index (χ3v) is 5.80. The Hall–Kier alpha value is -2.36. The summed E-state index contributed by atoms with van der Waals surface area (Å²) in [6, 6.07) is 14.9. The maximum absolute atomic E-state index is 12.4. The molecule has 3 rings (SSSR count). The summed E-state index contributed by atoms with van der Waals surface area (Å²) in [5, 5.41) is 37.3. The Labute approximate surface area is 320 Å². The van der Waals surface area contributed by atoms with E-state index >= 15 is 0 Å². The minimum Gasteiger partial charge on any atom is 1.00 e. The third kappa shape index (κ3) is 17.0. The molecular formula is C29H30F6KMnN3O6P. The summed E-state index contributed by atoms with van der Waals surface area (Å²) in [5.74, 6) is -0.0338. The predicted octanol–water partition coefficient (Wildman–Crippen LogP) is 2.98. The van der Waals surface area contributed by atoms with Crippen molar-refractivity contribution < 1.29 is 123 Å². The Bertz CT molecular complexity index is 1390. The predicted molar refractivity (Wildman–Crippen MR) is 156 cm³/mol. The molecule has 0 bridgehead atoms. The minimum atomic E-state index is -10.7. The molecule has 0 saturated carbocycles. The Morgan fingerprint density at radius 3 is 1.04 bits per heavy atom. The maximum Gasteiger partial charge on any atom is 3.00 e. The van der Waals surface area contributed by atoms with Crippen molar-refractivity contribution in [3.8, 4) is 34.5 Å². The van der Waals surface area contributed by atoms with E-state index in [-0.39, 0.29) is 123 Å². The molecule has 0 aliphatic carbocycles. The number of halogens is 6. The van der Waals surface area contributed by atoms with Gasteiger partial charge in [-0.25, -0.2) is 0 Å². The van der Waals surface area contributed by atoms with Crippen LogP contribution in [0.4, 0.5) is 25.2 Å². The first-order valence-electron chi connectivity index (χ1n) is 12.8. The van der Waals surface area contributed by atoms with Crippen LogP contribution in [0.5, 0.6) is 34.5 Å². The van der Waals surface area contributed by atoms with E-state index in [0.29, 0.717) is 16.7 Å². The van der Waals surface area contributed by atoms with Crippen LogP contribution in [0.3, 0.4) is 0 Å². The van der Waals surface area contributed by atoms with Gasteiger partial charge in [-0.3, -0.25) is 15.0 Å². The van der Waals surface area contributed by atoms with Gasteiger partial charge in [-0.15, -0.1) is 0 Å². The van der Waals surface area contributed by atoms with Crippen LogP contribution in [-0.4, -0.2) is 59.6 Å². The standard InChI is InChI=1S/C29H33N3O6.F6P.K.Mn/c1-29(17-30-14-20-8-5-11-23(36-2)26(20)33,18-31-15-21-9-6-12-24(37-3)27(21)34)19-32-16-22-10-7-13-25(38-4)28(22)35;1-7(2,3,4,5)6;;/h5-16,33-35H,17-19H2,1-4H3;;;/q;-1;+1;+3/p-3. The van der Waals surface area contributed by atoms with E-state index in [1.54, 1.807) is 54.6 Å². The van der Waals surface area contributed by atoms with Gasteiger partial charge < -0.3 is 29.5 Å². The average molecular weight is 756 g/mol. The van der Waals surface area contributed by atoms with Crippen molar-refractivity contribution in [2.24, 2.45) is 20.4 Å². The third-order valence-electron chi connectivity index (χ3n) is 5.80.